The van der Waals surface area contributed by atoms with Gasteiger partial charge in [0.2, 0.25) is 5.91 Å². The second kappa shape index (κ2) is 3.84. The van der Waals surface area contributed by atoms with Crippen LogP contribution in [0.5, 0.6) is 0 Å². The largest absolute Gasteiger partial charge is 0.406 e. The van der Waals surface area contributed by atoms with Gasteiger partial charge >= 0.3 is 6.18 Å². The first-order valence-corrected chi connectivity index (χ1v) is 5.59. The highest BCUT2D eigenvalue weighted by molar-refractivity contribution is 5.85. The molecule has 2 rings (SSSR count). The van der Waals surface area contributed by atoms with Crippen molar-refractivity contribution in [2.75, 3.05) is 26.2 Å². The van der Waals surface area contributed by atoms with Gasteiger partial charge in [0.1, 0.15) is 12.6 Å². The predicted molar refractivity (Wildman–Crippen MR) is 55.2 cm³/mol. The van der Waals surface area contributed by atoms with Crippen molar-refractivity contribution in [1.82, 2.24) is 15.1 Å². The Morgan fingerprint density at radius 1 is 1.47 bits per heavy atom. The van der Waals surface area contributed by atoms with Crippen LogP contribution in [0.4, 0.5) is 13.2 Å². The van der Waals surface area contributed by atoms with Crippen molar-refractivity contribution in [2.24, 2.45) is 0 Å². The zero-order valence-corrected chi connectivity index (χ0v) is 9.84. The van der Waals surface area contributed by atoms with E-state index in [0.29, 0.717) is 19.6 Å². The summed E-state index contributed by atoms with van der Waals surface area (Å²) in [6, 6.07) is -0.457. The van der Waals surface area contributed by atoms with Gasteiger partial charge in [0.25, 0.3) is 0 Å². The molecule has 0 radical (unpaired) electrons. The van der Waals surface area contributed by atoms with Gasteiger partial charge in [-0.2, -0.15) is 13.2 Å². The molecule has 1 atom stereocenters. The molecular weight excluding hydrogens is 235 g/mol. The maximum Gasteiger partial charge on any atom is 0.406 e. The standard InChI is InChI=1S/C10H16F3N3O/c1-9(2)15-4-3-14-5-7(15)8(17)16(9)6-10(11,12)13/h7,14H,3-6H2,1-2H3/t7-/m0/s1. The van der Waals surface area contributed by atoms with E-state index >= 15 is 0 Å². The van der Waals surface area contributed by atoms with Gasteiger partial charge in [-0.1, -0.05) is 0 Å². The van der Waals surface area contributed by atoms with Crippen molar-refractivity contribution in [3.8, 4) is 0 Å². The topological polar surface area (TPSA) is 35.6 Å². The molecule has 17 heavy (non-hydrogen) atoms. The minimum absolute atomic E-state index is 0.427. The summed E-state index contributed by atoms with van der Waals surface area (Å²) < 4.78 is 37.4. The Labute approximate surface area is 97.7 Å². The molecule has 2 aliphatic rings. The molecule has 0 aromatic heterocycles. The van der Waals surface area contributed by atoms with E-state index in [-0.39, 0.29) is 0 Å². The Bertz CT molecular complexity index is 329. The Kier molecular flexibility index (Phi) is 2.86. The average Bonchev–Trinajstić information content (AvgIpc) is 2.39. The number of carbonyl (C=O) groups is 1. The van der Waals surface area contributed by atoms with Crippen LogP contribution in [0.2, 0.25) is 0 Å². The third kappa shape index (κ3) is 2.13. The number of hydrogen-bond donors (Lipinski definition) is 1. The molecule has 2 saturated heterocycles. The van der Waals surface area contributed by atoms with E-state index in [4.69, 9.17) is 0 Å². The van der Waals surface area contributed by atoms with Gasteiger partial charge < -0.3 is 10.2 Å². The first-order chi connectivity index (χ1) is 7.73. The van der Waals surface area contributed by atoms with E-state index in [2.05, 4.69) is 5.32 Å². The lowest BCUT2D eigenvalue weighted by atomic mass is 10.1. The SMILES string of the molecule is CC1(C)N(CC(F)(F)F)C(=O)[C@@H]2CNCCN21. The summed E-state index contributed by atoms with van der Waals surface area (Å²) in [5.41, 5.74) is -0.862. The van der Waals surface area contributed by atoms with E-state index in [1.54, 1.807) is 13.8 Å². The van der Waals surface area contributed by atoms with E-state index in [9.17, 15) is 18.0 Å². The monoisotopic (exact) mass is 251 g/mol. The molecule has 0 spiro atoms. The van der Waals surface area contributed by atoms with Crippen molar-refractivity contribution < 1.29 is 18.0 Å². The van der Waals surface area contributed by atoms with Gasteiger partial charge in [0, 0.05) is 19.6 Å². The van der Waals surface area contributed by atoms with Crippen molar-refractivity contribution in [3.63, 3.8) is 0 Å². The van der Waals surface area contributed by atoms with Crippen molar-refractivity contribution in [2.45, 2.75) is 31.7 Å². The number of nitrogens with one attached hydrogen (secondary N) is 1. The molecule has 2 heterocycles. The number of nitrogens with zero attached hydrogens (tertiary/aromatic N) is 2. The van der Waals surface area contributed by atoms with Gasteiger partial charge in [0.05, 0.1) is 5.66 Å². The fraction of sp³-hybridized carbons (Fsp3) is 0.900. The van der Waals surface area contributed by atoms with Gasteiger partial charge in [0.15, 0.2) is 0 Å². The molecular formula is C10H16F3N3O. The molecule has 0 aliphatic carbocycles. The van der Waals surface area contributed by atoms with Crippen LogP contribution in [-0.4, -0.2) is 59.8 Å². The first-order valence-electron chi connectivity index (χ1n) is 5.59. The number of alkyl halides is 3. The van der Waals surface area contributed by atoms with E-state index in [0.717, 1.165) is 4.90 Å². The number of amides is 1. The Balaban J connectivity index is 2.24. The lowest BCUT2D eigenvalue weighted by molar-refractivity contribution is -0.168. The minimum Gasteiger partial charge on any atom is -0.314 e. The third-order valence-corrected chi connectivity index (χ3v) is 3.50. The number of halogens is 3. The van der Waals surface area contributed by atoms with Crippen molar-refractivity contribution in [1.29, 1.82) is 0 Å². The Morgan fingerprint density at radius 2 is 2.12 bits per heavy atom. The molecule has 0 bridgehead atoms. The molecule has 2 fully saturated rings. The zero-order valence-electron chi connectivity index (χ0n) is 9.84. The molecule has 4 nitrogen and oxygen atoms in total. The van der Waals surface area contributed by atoms with Gasteiger partial charge in [-0.25, -0.2) is 0 Å². The number of rotatable bonds is 1. The van der Waals surface area contributed by atoms with Crippen LogP contribution in [0.25, 0.3) is 0 Å². The van der Waals surface area contributed by atoms with Gasteiger partial charge in [-0.3, -0.25) is 9.69 Å². The van der Waals surface area contributed by atoms with Crippen LogP contribution in [0.1, 0.15) is 13.8 Å². The molecule has 0 unspecified atom stereocenters. The van der Waals surface area contributed by atoms with Crippen LogP contribution in [0.3, 0.4) is 0 Å². The molecule has 2 aliphatic heterocycles. The van der Waals surface area contributed by atoms with E-state index in [1.165, 1.54) is 0 Å². The molecule has 1 amide bonds. The lowest BCUT2D eigenvalue weighted by Crippen LogP contribution is -2.57. The number of fused-ring (bicyclic) bond motifs is 1. The molecule has 0 aromatic rings. The molecule has 98 valence electrons. The highest BCUT2D eigenvalue weighted by atomic mass is 19.4. The second-order valence-corrected chi connectivity index (χ2v) is 4.95. The Hall–Kier alpha value is -0.820. The van der Waals surface area contributed by atoms with Crippen LogP contribution in [0, 0.1) is 0 Å². The van der Waals surface area contributed by atoms with Crippen LogP contribution in [0.15, 0.2) is 0 Å². The average molecular weight is 251 g/mol. The fourth-order valence-corrected chi connectivity index (χ4v) is 2.64. The third-order valence-electron chi connectivity index (χ3n) is 3.50. The number of hydrogen-bond acceptors (Lipinski definition) is 3. The highest BCUT2D eigenvalue weighted by Crippen LogP contribution is 2.34. The second-order valence-electron chi connectivity index (χ2n) is 4.95. The molecule has 0 saturated carbocycles. The maximum absolute atomic E-state index is 12.5. The number of carbonyl (C=O) groups excluding carboxylic acids is 1. The normalized spacial score (nSPS) is 29.6. The highest BCUT2D eigenvalue weighted by Gasteiger charge is 2.54. The van der Waals surface area contributed by atoms with Gasteiger partial charge in [-0.05, 0) is 13.8 Å². The summed E-state index contributed by atoms with van der Waals surface area (Å²) >= 11 is 0. The summed E-state index contributed by atoms with van der Waals surface area (Å²) in [6.07, 6.45) is -4.35. The van der Waals surface area contributed by atoms with Crippen LogP contribution < -0.4 is 5.32 Å². The predicted octanol–water partition coefficient (Wildman–Crippen LogP) is 0.401. The summed E-state index contributed by atoms with van der Waals surface area (Å²) in [4.78, 5) is 14.8. The minimum atomic E-state index is -4.35. The summed E-state index contributed by atoms with van der Waals surface area (Å²) in [6.45, 7) is 3.89. The van der Waals surface area contributed by atoms with Gasteiger partial charge in [-0.15, -0.1) is 0 Å². The fourth-order valence-electron chi connectivity index (χ4n) is 2.64. The Morgan fingerprint density at radius 3 is 2.65 bits per heavy atom. The summed E-state index contributed by atoms with van der Waals surface area (Å²) in [5, 5.41) is 3.04. The van der Waals surface area contributed by atoms with Crippen LogP contribution >= 0.6 is 0 Å². The zero-order chi connectivity index (χ0) is 12.8. The molecule has 0 aromatic carbocycles. The van der Waals surface area contributed by atoms with Crippen molar-refractivity contribution in [3.05, 3.63) is 0 Å². The first kappa shape index (κ1) is 12.6. The quantitative estimate of drug-likeness (QED) is 0.733. The number of piperazine rings is 1. The smallest absolute Gasteiger partial charge is 0.314 e. The molecule has 1 N–H and O–H groups in total. The van der Waals surface area contributed by atoms with E-state index < -0.39 is 30.3 Å². The summed E-state index contributed by atoms with van der Waals surface area (Å²) in [7, 11) is 0. The van der Waals surface area contributed by atoms with E-state index in [1.807, 2.05) is 4.90 Å². The molecule has 7 heteroatoms. The van der Waals surface area contributed by atoms with Crippen molar-refractivity contribution >= 4 is 5.91 Å². The van der Waals surface area contributed by atoms with Crippen LogP contribution in [-0.2, 0) is 4.79 Å². The summed E-state index contributed by atoms with van der Waals surface area (Å²) in [5.74, 6) is -0.431. The lowest BCUT2D eigenvalue weighted by Gasteiger charge is -2.40. The maximum atomic E-state index is 12.5.